The molecule has 0 aliphatic heterocycles. The van der Waals surface area contributed by atoms with Gasteiger partial charge in [0, 0.05) is 0 Å². The predicted octanol–water partition coefficient (Wildman–Crippen LogP) is -0.193. The molecule has 5 nitrogen and oxygen atoms in total. The molecule has 0 bridgehead atoms. The third kappa shape index (κ3) is 8.92. The average molecular weight is 220 g/mol. The Labute approximate surface area is 72.4 Å². The van der Waals surface area contributed by atoms with Gasteiger partial charge in [-0.15, -0.1) is 0 Å². The van der Waals surface area contributed by atoms with E-state index in [4.69, 9.17) is 0 Å². The summed E-state index contributed by atoms with van der Waals surface area (Å²) in [5, 5.41) is 1.32. The molecular formula is C4H7F3N2O3S. The Balaban J connectivity index is 3.92. The van der Waals surface area contributed by atoms with E-state index in [1.54, 1.807) is 0 Å². The van der Waals surface area contributed by atoms with Crippen molar-refractivity contribution in [2.45, 2.75) is 6.18 Å². The number of urea groups is 1. The summed E-state index contributed by atoms with van der Waals surface area (Å²) in [5.41, 5.74) is 0. The van der Waals surface area contributed by atoms with Crippen LogP contribution in [0.1, 0.15) is 0 Å². The molecule has 0 spiro atoms. The van der Waals surface area contributed by atoms with Crippen molar-refractivity contribution in [2.24, 2.45) is 0 Å². The van der Waals surface area contributed by atoms with Gasteiger partial charge in [0.15, 0.2) is 0 Å². The number of amides is 2. The minimum Gasteiger partial charge on any atom is -0.328 e. The molecule has 9 heteroatoms. The number of hydrogen-bond acceptors (Lipinski definition) is 3. The van der Waals surface area contributed by atoms with Gasteiger partial charge in [0.1, 0.15) is 6.54 Å². The monoisotopic (exact) mass is 220 g/mol. The van der Waals surface area contributed by atoms with E-state index in [1.165, 1.54) is 10.0 Å². The molecule has 78 valence electrons. The van der Waals surface area contributed by atoms with E-state index in [0.717, 1.165) is 0 Å². The van der Waals surface area contributed by atoms with E-state index >= 15 is 0 Å². The van der Waals surface area contributed by atoms with Gasteiger partial charge in [-0.3, -0.25) is 0 Å². The Morgan fingerprint density at radius 1 is 1.38 bits per heavy atom. The van der Waals surface area contributed by atoms with E-state index in [9.17, 15) is 26.4 Å². The van der Waals surface area contributed by atoms with Crippen LogP contribution in [-0.2, 0) is 10.0 Å². The lowest BCUT2D eigenvalue weighted by molar-refractivity contribution is -0.122. The zero-order valence-electron chi connectivity index (χ0n) is 6.47. The largest absolute Gasteiger partial charge is 0.405 e. The van der Waals surface area contributed by atoms with Gasteiger partial charge >= 0.3 is 12.2 Å². The topological polar surface area (TPSA) is 75.3 Å². The van der Waals surface area contributed by atoms with Crippen LogP contribution in [0.25, 0.3) is 0 Å². The highest BCUT2D eigenvalue weighted by atomic mass is 32.2. The van der Waals surface area contributed by atoms with E-state index in [1.807, 2.05) is 0 Å². The van der Waals surface area contributed by atoms with Crippen LogP contribution < -0.4 is 10.0 Å². The van der Waals surface area contributed by atoms with Gasteiger partial charge in [-0.05, 0) is 0 Å². The summed E-state index contributed by atoms with van der Waals surface area (Å²) in [6.07, 6.45) is -3.91. The molecule has 0 atom stereocenters. The molecule has 0 aromatic carbocycles. The highest BCUT2D eigenvalue weighted by molar-refractivity contribution is 7.89. The van der Waals surface area contributed by atoms with Crippen LogP contribution in [0.3, 0.4) is 0 Å². The molecular weight excluding hydrogens is 213 g/mol. The molecule has 0 aromatic rings. The van der Waals surface area contributed by atoms with Crippen molar-refractivity contribution in [1.82, 2.24) is 10.0 Å². The van der Waals surface area contributed by atoms with Crippen molar-refractivity contribution >= 4 is 16.1 Å². The Bertz CT molecular complexity index is 283. The quantitative estimate of drug-likeness (QED) is 0.677. The second kappa shape index (κ2) is 3.81. The number of halogens is 3. The fraction of sp³-hybridized carbons (Fsp3) is 0.750. The molecule has 2 amide bonds. The summed E-state index contributed by atoms with van der Waals surface area (Å²) in [4.78, 5) is 10.4. The fourth-order valence-corrected chi connectivity index (χ4v) is 0.794. The van der Waals surface area contributed by atoms with Crippen LogP contribution in [0.15, 0.2) is 0 Å². The molecule has 0 heterocycles. The predicted molar refractivity (Wildman–Crippen MR) is 37.4 cm³/mol. The van der Waals surface area contributed by atoms with E-state index in [-0.39, 0.29) is 0 Å². The van der Waals surface area contributed by atoms with Crippen LogP contribution in [0, 0.1) is 0 Å². The highest BCUT2D eigenvalue weighted by Gasteiger charge is 2.28. The maximum Gasteiger partial charge on any atom is 0.405 e. The highest BCUT2D eigenvalue weighted by Crippen LogP contribution is 2.11. The fourth-order valence-electron chi connectivity index (χ4n) is 0.385. The van der Waals surface area contributed by atoms with Crippen LogP contribution in [0.5, 0.6) is 0 Å². The minimum absolute atomic E-state index is 0.653. The Hall–Kier alpha value is -0.990. The molecule has 13 heavy (non-hydrogen) atoms. The molecule has 0 rings (SSSR count). The van der Waals surface area contributed by atoms with Gasteiger partial charge in [0.25, 0.3) is 0 Å². The van der Waals surface area contributed by atoms with Gasteiger partial charge in [-0.1, -0.05) is 0 Å². The lowest BCUT2D eigenvalue weighted by Gasteiger charge is -2.08. The van der Waals surface area contributed by atoms with Crippen LogP contribution in [0.4, 0.5) is 18.0 Å². The first kappa shape index (κ1) is 12.0. The number of carbonyl (C=O) groups is 1. The summed E-state index contributed by atoms with van der Waals surface area (Å²) in [7, 11) is -3.82. The molecule has 0 aliphatic rings. The summed E-state index contributed by atoms with van der Waals surface area (Å²) >= 11 is 0. The third-order valence-corrected chi connectivity index (χ3v) is 1.28. The maximum absolute atomic E-state index is 11.5. The third-order valence-electron chi connectivity index (χ3n) is 0.727. The zero-order valence-corrected chi connectivity index (χ0v) is 7.29. The van der Waals surface area contributed by atoms with Crippen molar-refractivity contribution < 1.29 is 26.4 Å². The molecule has 0 aliphatic carbocycles. The molecule has 0 fully saturated rings. The van der Waals surface area contributed by atoms with Gasteiger partial charge in [0.05, 0.1) is 6.26 Å². The Kier molecular flexibility index (Phi) is 3.52. The van der Waals surface area contributed by atoms with Crippen molar-refractivity contribution in [1.29, 1.82) is 0 Å². The first-order valence-corrected chi connectivity index (χ1v) is 4.82. The number of nitrogens with one attached hydrogen (secondary N) is 2. The number of rotatable bonds is 2. The second-order valence-electron chi connectivity index (χ2n) is 2.17. The molecule has 0 unspecified atom stereocenters. The molecule has 0 aromatic heterocycles. The summed E-state index contributed by atoms with van der Waals surface area (Å²) in [6, 6.07) is -1.40. The summed E-state index contributed by atoms with van der Waals surface area (Å²) in [5.74, 6) is 0. The standard InChI is InChI=1S/C4H7F3N2O3S/c1-13(11,12)9-3(10)8-2-4(5,6)7/h2H2,1H3,(H2,8,9,10). The SMILES string of the molecule is CS(=O)(=O)NC(=O)NCC(F)(F)F. The van der Waals surface area contributed by atoms with Crippen molar-refractivity contribution in [3.8, 4) is 0 Å². The number of hydrogen-bond donors (Lipinski definition) is 2. The maximum atomic E-state index is 11.5. The van der Waals surface area contributed by atoms with Crippen LogP contribution in [-0.4, -0.2) is 33.4 Å². The van der Waals surface area contributed by atoms with Crippen molar-refractivity contribution in [3.05, 3.63) is 0 Å². The second-order valence-corrected chi connectivity index (χ2v) is 3.92. The van der Waals surface area contributed by atoms with E-state index in [0.29, 0.717) is 6.26 Å². The summed E-state index contributed by atoms with van der Waals surface area (Å²) in [6.45, 7) is -1.58. The lowest BCUT2D eigenvalue weighted by atomic mass is 10.6. The zero-order chi connectivity index (χ0) is 10.7. The first-order valence-electron chi connectivity index (χ1n) is 2.92. The molecule has 2 N–H and O–H groups in total. The first-order chi connectivity index (χ1) is 5.60. The number of sulfonamides is 1. The van der Waals surface area contributed by atoms with Crippen LogP contribution >= 0.6 is 0 Å². The van der Waals surface area contributed by atoms with Gasteiger partial charge in [-0.2, -0.15) is 13.2 Å². The normalized spacial score (nSPS) is 12.3. The Morgan fingerprint density at radius 2 is 1.85 bits per heavy atom. The summed E-state index contributed by atoms with van der Waals surface area (Å²) < 4.78 is 56.3. The molecule has 0 radical (unpaired) electrons. The number of carbonyl (C=O) groups excluding carboxylic acids is 1. The smallest absolute Gasteiger partial charge is 0.328 e. The molecule has 0 saturated carbocycles. The van der Waals surface area contributed by atoms with Crippen molar-refractivity contribution in [2.75, 3.05) is 12.8 Å². The van der Waals surface area contributed by atoms with Gasteiger partial charge < -0.3 is 5.32 Å². The van der Waals surface area contributed by atoms with Crippen LogP contribution in [0.2, 0.25) is 0 Å². The van der Waals surface area contributed by atoms with E-state index in [2.05, 4.69) is 0 Å². The Morgan fingerprint density at radius 3 is 2.15 bits per heavy atom. The van der Waals surface area contributed by atoms with E-state index < -0.39 is 28.8 Å². The average Bonchev–Trinajstić information content (AvgIpc) is 1.78. The minimum atomic E-state index is -4.56. The van der Waals surface area contributed by atoms with Gasteiger partial charge in [-0.25, -0.2) is 17.9 Å². The lowest BCUT2D eigenvalue weighted by Crippen LogP contribution is -2.42. The van der Waals surface area contributed by atoms with Gasteiger partial charge in [0.2, 0.25) is 10.0 Å². The number of alkyl halides is 3. The molecule has 0 saturated heterocycles. The van der Waals surface area contributed by atoms with Crippen molar-refractivity contribution in [3.63, 3.8) is 0 Å².